The fraction of sp³-hybridized carbons (Fsp3) is 0.739. The summed E-state index contributed by atoms with van der Waals surface area (Å²) in [7, 11) is 1.77. The number of benzene rings is 1. The number of epoxide rings is 1. The molecule has 3 saturated carbocycles. The van der Waals surface area contributed by atoms with E-state index in [0.717, 1.165) is 30.4 Å². The highest BCUT2D eigenvalue weighted by atomic mass is 16.6. The Morgan fingerprint density at radius 2 is 2.15 bits per heavy atom. The van der Waals surface area contributed by atoms with Crippen molar-refractivity contribution < 1.29 is 14.6 Å². The number of aliphatic hydroxyl groups is 1. The Labute approximate surface area is 156 Å². The largest absolute Gasteiger partial charge is 0.497 e. The van der Waals surface area contributed by atoms with Crippen LogP contribution in [0.15, 0.2) is 18.2 Å². The number of fused-ring (bicyclic) bond motifs is 4. The van der Waals surface area contributed by atoms with Gasteiger partial charge in [0.2, 0.25) is 0 Å². The zero-order valence-corrected chi connectivity index (χ0v) is 15.9. The summed E-state index contributed by atoms with van der Waals surface area (Å²) in [4.78, 5) is 0. The molecule has 0 amide bonds. The molecule has 5 aliphatic rings. The lowest BCUT2D eigenvalue weighted by atomic mass is 9.55. The smallest absolute Gasteiger partial charge is 0.119 e. The lowest BCUT2D eigenvalue weighted by Crippen LogP contribution is -2.45. The first-order chi connectivity index (χ1) is 12.6. The molecule has 0 radical (unpaired) electrons. The number of ether oxygens (including phenoxy) is 2. The summed E-state index contributed by atoms with van der Waals surface area (Å²) in [5, 5.41) is 10.2. The van der Waals surface area contributed by atoms with Gasteiger partial charge in [0.1, 0.15) is 17.0 Å². The van der Waals surface area contributed by atoms with Crippen molar-refractivity contribution in [3.05, 3.63) is 29.3 Å². The normalized spacial score (nSPS) is 50.3. The van der Waals surface area contributed by atoms with Gasteiger partial charge in [-0.25, -0.2) is 0 Å². The first-order valence-electron chi connectivity index (χ1n) is 10.7. The topological polar surface area (TPSA) is 42.0 Å². The van der Waals surface area contributed by atoms with Gasteiger partial charge in [0.25, 0.3) is 0 Å². The molecule has 1 heterocycles. The number of hydrogen-bond acceptors (Lipinski definition) is 3. The van der Waals surface area contributed by atoms with Crippen LogP contribution in [0.4, 0.5) is 0 Å². The van der Waals surface area contributed by atoms with Crippen LogP contribution in [0.2, 0.25) is 0 Å². The van der Waals surface area contributed by atoms with Crippen LogP contribution in [-0.2, 0) is 11.2 Å². The van der Waals surface area contributed by atoms with E-state index in [1.54, 1.807) is 12.7 Å². The Balaban J connectivity index is 1.40. The molecule has 3 nitrogen and oxygen atoms in total. The molecule has 1 aromatic carbocycles. The Kier molecular flexibility index (Phi) is 3.10. The van der Waals surface area contributed by atoms with Crippen LogP contribution in [-0.4, -0.2) is 29.5 Å². The average molecular weight is 354 g/mol. The fourth-order valence-corrected chi connectivity index (χ4v) is 8.10. The van der Waals surface area contributed by atoms with Crippen molar-refractivity contribution in [2.45, 2.75) is 75.1 Å². The van der Waals surface area contributed by atoms with Crippen molar-refractivity contribution in [2.24, 2.45) is 23.7 Å². The highest BCUT2D eigenvalue weighted by Gasteiger charge is 2.83. The first kappa shape index (κ1) is 15.9. The monoisotopic (exact) mass is 354 g/mol. The SMILES string of the molecule is CC[C@@H]1Cc2cc(OC)ccc2C2CC[C@]34O[C@]35C[C@@H](O)C[C@@H]5CC4C21. The molecule has 26 heavy (non-hydrogen) atoms. The lowest BCUT2D eigenvalue weighted by molar-refractivity contribution is 0.0217. The zero-order valence-electron chi connectivity index (χ0n) is 15.9. The summed E-state index contributed by atoms with van der Waals surface area (Å²) in [5.74, 6) is 4.52. The molecule has 1 N–H and O–H groups in total. The van der Waals surface area contributed by atoms with Gasteiger partial charge >= 0.3 is 0 Å². The van der Waals surface area contributed by atoms with Crippen LogP contribution in [0.5, 0.6) is 5.75 Å². The molecule has 1 aromatic rings. The van der Waals surface area contributed by atoms with Crippen LogP contribution in [0.25, 0.3) is 0 Å². The van der Waals surface area contributed by atoms with Crippen LogP contribution >= 0.6 is 0 Å². The highest BCUT2D eigenvalue weighted by molar-refractivity contribution is 5.43. The third kappa shape index (κ3) is 1.73. The standard InChI is InChI=1S/C23H30O3/c1-3-13-8-14-9-17(25-2)4-5-18(14)19-6-7-22-20(21(13)19)11-15-10-16(24)12-23(15,22)26-22/h4-5,9,13,15-16,19-21,24H,3,6-8,10-12H2,1-2H3/t13-,15-,16+,19?,20?,21?,22-,23+/m1/s1. The average Bonchev–Trinajstić information content (AvgIpc) is 3.02. The highest BCUT2D eigenvalue weighted by Crippen LogP contribution is 2.77. The Hall–Kier alpha value is -1.06. The van der Waals surface area contributed by atoms with Crippen LogP contribution in [0.3, 0.4) is 0 Å². The molecule has 2 spiro atoms. The minimum atomic E-state index is -0.125. The minimum absolute atomic E-state index is 0.0561. The second kappa shape index (κ2) is 5.05. The van der Waals surface area contributed by atoms with Crippen molar-refractivity contribution >= 4 is 0 Å². The zero-order chi connectivity index (χ0) is 17.7. The third-order valence-corrected chi connectivity index (χ3v) is 8.99. The Morgan fingerprint density at radius 3 is 2.96 bits per heavy atom. The van der Waals surface area contributed by atoms with Gasteiger partial charge in [-0.15, -0.1) is 0 Å². The number of rotatable bonds is 2. The van der Waals surface area contributed by atoms with Crippen molar-refractivity contribution in [2.75, 3.05) is 7.11 Å². The van der Waals surface area contributed by atoms with E-state index in [2.05, 4.69) is 25.1 Å². The van der Waals surface area contributed by atoms with Crippen LogP contribution in [0.1, 0.15) is 62.5 Å². The summed E-state index contributed by atoms with van der Waals surface area (Å²) in [6.45, 7) is 2.37. The second-order valence-corrected chi connectivity index (χ2v) is 9.67. The molecule has 4 fully saturated rings. The number of methoxy groups -OCH3 is 1. The van der Waals surface area contributed by atoms with Crippen molar-refractivity contribution in [3.63, 3.8) is 0 Å². The summed E-state index contributed by atoms with van der Waals surface area (Å²) < 4.78 is 12.1. The quantitative estimate of drug-likeness (QED) is 0.814. The Bertz CT molecular complexity index is 760. The Morgan fingerprint density at radius 1 is 1.27 bits per heavy atom. The van der Waals surface area contributed by atoms with Crippen LogP contribution < -0.4 is 4.74 Å². The molecule has 3 unspecified atom stereocenters. The molecule has 140 valence electrons. The van der Waals surface area contributed by atoms with E-state index in [1.807, 2.05) is 0 Å². The van der Waals surface area contributed by atoms with Gasteiger partial charge in [-0.1, -0.05) is 19.4 Å². The van der Waals surface area contributed by atoms with E-state index in [1.165, 1.54) is 37.7 Å². The summed E-state index contributed by atoms with van der Waals surface area (Å²) >= 11 is 0. The molecule has 1 aliphatic heterocycles. The third-order valence-electron chi connectivity index (χ3n) is 8.99. The van der Waals surface area contributed by atoms with Crippen molar-refractivity contribution in [3.8, 4) is 5.75 Å². The maximum Gasteiger partial charge on any atom is 0.119 e. The van der Waals surface area contributed by atoms with E-state index in [0.29, 0.717) is 17.8 Å². The van der Waals surface area contributed by atoms with E-state index in [9.17, 15) is 5.11 Å². The molecule has 3 heteroatoms. The molecule has 8 atom stereocenters. The molecule has 0 bridgehead atoms. The first-order valence-corrected chi connectivity index (χ1v) is 10.7. The van der Waals surface area contributed by atoms with E-state index in [4.69, 9.17) is 9.47 Å². The van der Waals surface area contributed by atoms with Gasteiger partial charge in [-0.3, -0.25) is 0 Å². The molecular formula is C23H30O3. The molecule has 1 saturated heterocycles. The molecule has 6 rings (SSSR count). The molecule has 0 aromatic heterocycles. The maximum atomic E-state index is 10.2. The van der Waals surface area contributed by atoms with Gasteiger partial charge in [-0.2, -0.15) is 0 Å². The predicted octanol–water partition coefficient (Wildman–Crippen LogP) is 4.07. The summed E-state index contributed by atoms with van der Waals surface area (Å²) in [6, 6.07) is 6.79. The lowest BCUT2D eigenvalue weighted by Gasteiger charge is -2.49. The van der Waals surface area contributed by atoms with Gasteiger partial charge in [-0.05, 0) is 85.0 Å². The number of hydrogen-bond donors (Lipinski definition) is 1. The van der Waals surface area contributed by atoms with E-state index in [-0.39, 0.29) is 17.3 Å². The van der Waals surface area contributed by atoms with Crippen molar-refractivity contribution in [1.82, 2.24) is 0 Å². The van der Waals surface area contributed by atoms with Gasteiger partial charge in [0.15, 0.2) is 0 Å². The molecular weight excluding hydrogens is 324 g/mol. The summed E-state index contributed by atoms with van der Waals surface area (Å²) in [6.07, 6.45) is 7.93. The van der Waals surface area contributed by atoms with Gasteiger partial charge in [0, 0.05) is 6.42 Å². The predicted molar refractivity (Wildman–Crippen MR) is 99.3 cm³/mol. The van der Waals surface area contributed by atoms with Gasteiger partial charge in [0.05, 0.1) is 13.2 Å². The minimum Gasteiger partial charge on any atom is -0.497 e. The maximum absolute atomic E-state index is 10.2. The van der Waals surface area contributed by atoms with Crippen LogP contribution in [0, 0.1) is 23.7 Å². The number of aliphatic hydroxyl groups excluding tert-OH is 1. The van der Waals surface area contributed by atoms with Crippen molar-refractivity contribution in [1.29, 1.82) is 0 Å². The molecule has 4 aliphatic carbocycles. The fourth-order valence-electron chi connectivity index (χ4n) is 8.10. The van der Waals surface area contributed by atoms with E-state index < -0.39 is 0 Å². The van der Waals surface area contributed by atoms with E-state index >= 15 is 0 Å². The second-order valence-electron chi connectivity index (χ2n) is 9.67. The van der Waals surface area contributed by atoms with Gasteiger partial charge < -0.3 is 14.6 Å². The summed E-state index contributed by atoms with van der Waals surface area (Å²) in [5.41, 5.74) is 3.28.